The van der Waals surface area contributed by atoms with Crippen molar-refractivity contribution in [3.05, 3.63) is 28.7 Å². The van der Waals surface area contributed by atoms with Gasteiger partial charge in [-0.25, -0.2) is 0 Å². The van der Waals surface area contributed by atoms with Gasteiger partial charge in [0.15, 0.2) is 0 Å². The van der Waals surface area contributed by atoms with Gasteiger partial charge in [0.1, 0.15) is 5.75 Å². The zero-order valence-corrected chi connectivity index (χ0v) is 13.1. The number of aliphatic hydroxyl groups excluding tert-OH is 1. The van der Waals surface area contributed by atoms with Crippen molar-refractivity contribution >= 4 is 15.9 Å². The number of aliphatic hydroxyl groups is 1. The van der Waals surface area contributed by atoms with Crippen molar-refractivity contribution < 1.29 is 9.84 Å². The molecular weight excluding hydrogens is 304 g/mol. The molecule has 0 aliphatic heterocycles. The molecule has 3 unspecified atom stereocenters. The highest BCUT2D eigenvalue weighted by Gasteiger charge is 2.24. The molecule has 1 saturated carbocycles. The molecule has 19 heavy (non-hydrogen) atoms. The molecule has 1 aromatic carbocycles. The van der Waals surface area contributed by atoms with Crippen molar-refractivity contribution in [1.82, 2.24) is 0 Å². The average Bonchev–Trinajstić information content (AvgIpc) is 2.41. The first-order valence-electron chi connectivity index (χ1n) is 7.21. The molecule has 0 radical (unpaired) electrons. The summed E-state index contributed by atoms with van der Waals surface area (Å²) in [4.78, 5) is 0. The minimum Gasteiger partial charge on any atom is -0.493 e. The highest BCUT2D eigenvalue weighted by atomic mass is 79.9. The first kappa shape index (κ1) is 14.9. The summed E-state index contributed by atoms with van der Waals surface area (Å²) in [5, 5.41) is 10.2. The first-order chi connectivity index (χ1) is 9.15. The van der Waals surface area contributed by atoms with Gasteiger partial charge in [-0.2, -0.15) is 0 Å². The summed E-state index contributed by atoms with van der Waals surface area (Å²) in [6.07, 6.45) is 5.43. The Morgan fingerprint density at radius 3 is 2.74 bits per heavy atom. The van der Waals surface area contributed by atoms with Crippen molar-refractivity contribution in [2.45, 2.75) is 45.1 Å². The largest absolute Gasteiger partial charge is 0.493 e. The molecule has 3 atom stereocenters. The van der Waals surface area contributed by atoms with Gasteiger partial charge in [0.25, 0.3) is 0 Å². The molecule has 106 valence electrons. The normalized spacial score (nSPS) is 25.0. The van der Waals surface area contributed by atoms with Crippen molar-refractivity contribution in [3.8, 4) is 5.75 Å². The van der Waals surface area contributed by atoms with Crippen LogP contribution in [0.5, 0.6) is 5.75 Å². The fourth-order valence-electron chi connectivity index (χ4n) is 2.89. The van der Waals surface area contributed by atoms with Gasteiger partial charge in [-0.05, 0) is 48.9 Å². The van der Waals surface area contributed by atoms with E-state index in [1.54, 1.807) is 0 Å². The van der Waals surface area contributed by atoms with Crippen molar-refractivity contribution in [2.24, 2.45) is 11.8 Å². The fraction of sp³-hybridized carbons (Fsp3) is 0.625. The zero-order valence-electron chi connectivity index (χ0n) is 11.5. The standard InChI is InChI=1S/C16H23BrO2/c1-12-3-2-4-13(11-12)16(18)9-10-19-15-7-5-14(17)6-8-15/h5-8,12-13,16,18H,2-4,9-11H2,1H3. The lowest BCUT2D eigenvalue weighted by atomic mass is 9.79. The molecule has 1 aliphatic rings. The van der Waals surface area contributed by atoms with Gasteiger partial charge in [0, 0.05) is 10.9 Å². The van der Waals surface area contributed by atoms with Crippen LogP contribution in [0, 0.1) is 11.8 Å². The van der Waals surface area contributed by atoms with Crippen LogP contribution >= 0.6 is 15.9 Å². The molecule has 2 rings (SSSR count). The lowest BCUT2D eigenvalue weighted by Crippen LogP contribution is -2.27. The van der Waals surface area contributed by atoms with E-state index in [9.17, 15) is 5.11 Å². The number of hydrogen-bond donors (Lipinski definition) is 1. The lowest BCUT2D eigenvalue weighted by Gasteiger charge is -2.30. The Balaban J connectivity index is 1.71. The van der Waals surface area contributed by atoms with Crippen LogP contribution in [0.1, 0.15) is 39.0 Å². The molecular formula is C16H23BrO2. The predicted molar refractivity (Wildman–Crippen MR) is 81.4 cm³/mol. The minimum absolute atomic E-state index is 0.210. The molecule has 0 spiro atoms. The average molecular weight is 327 g/mol. The number of rotatable bonds is 5. The van der Waals surface area contributed by atoms with Crippen molar-refractivity contribution in [3.63, 3.8) is 0 Å². The predicted octanol–water partition coefficient (Wildman–Crippen LogP) is 4.41. The van der Waals surface area contributed by atoms with Crippen molar-refractivity contribution in [1.29, 1.82) is 0 Å². The van der Waals surface area contributed by atoms with Crippen LogP contribution in [0.15, 0.2) is 28.7 Å². The first-order valence-corrected chi connectivity index (χ1v) is 8.01. The van der Waals surface area contributed by atoms with Gasteiger partial charge in [0.2, 0.25) is 0 Å². The second-order valence-corrected chi connectivity index (χ2v) is 6.61. The Morgan fingerprint density at radius 1 is 1.32 bits per heavy atom. The SMILES string of the molecule is CC1CCCC(C(O)CCOc2ccc(Br)cc2)C1. The van der Waals surface area contributed by atoms with Crippen molar-refractivity contribution in [2.75, 3.05) is 6.61 Å². The van der Waals surface area contributed by atoms with E-state index in [2.05, 4.69) is 22.9 Å². The molecule has 0 heterocycles. The van der Waals surface area contributed by atoms with E-state index in [1.165, 1.54) is 25.7 Å². The van der Waals surface area contributed by atoms with Crippen LogP contribution in [-0.4, -0.2) is 17.8 Å². The third-order valence-electron chi connectivity index (χ3n) is 4.02. The van der Waals surface area contributed by atoms with Gasteiger partial charge >= 0.3 is 0 Å². The molecule has 2 nitrogen and oxygen atoms in total. The molecule has 0 amide bonds. The van der Waals surface area contributed by atoms with Gasteiger partial charge in [-0.3, -0.25) is 0 Å². The van der Waals surface area contributed by atoms with Crippen LogP contribution in [0.4, 0.5) is 0 Å². The monoisotopic (exact) mass is 326 g/mol. The Morgan fingerprint density at radius 2 is 2.05 bits per heavy atom. The Bertz CT molecular complexity index is 377. The molecule has 1 fully saturated rings. The Kier molecular flexibility index (Phi) is 5.71. The Labute approximate surface area is 124 Å². The van der Waals surface area contributed by atoms with Gasteiger partial charge in [0.05, 0.1) is 12.7 Å². The van der Waals surface area contributed by atoms with Crippen LogP contribution in [-0.2, 0) is 0 Å². The quantitative estimate of drug-likeness (QED) is 0.868. The molecule has 1 N–H and O–H groups in total. The zero-order chi connectivity index (χ0) is 13.7. The van der Waals surface area contributed by atoms with Crippen LogP contribution < -0.4 is 4.74 Å². The van der Waals surface area contributed by atoms with E-state index < -0.39 is 0 Å². The summed E-state index contributed by atoms with van der Waals surface area (Å²) in [5.41, 5.74) is 0. The summed E-state index contributed by atoms with van der Waals surface area (Å²) < 4.78 is 6.72. The number of ether oxygens (including phenoxy) is 1. The highest BCUT2D eigenvalue weighted by Crippen LogP contribution is 2.31. The number of halogens is 1. The summed E-state index contributed by atoms with van der Waals surface area (Å²) >= 11 is 3.40. The van der Waals surface area contributed by atoms with E-state index in [4.69, 9.17) is 4.74 Å². The summed E-state index contributed by atoms with van der Waals surface area (Å²) in [7, 11) is 0. The second kappa shape index (κ2) is 7.30. The van der Waals surface area contributed by atoms with Gasteiger partial charge < -0.3 is 9.84 Å². The van der Waals surface area contributed by atoms with E-state index in [-0.39, 0.29) is 6.10 Å². The third kappa shape index (κ3) is 4.81. The van der Waals surface area contributed by atoms with Crippen LogP contribution in [0.2, 0.25) is 0 Å². The van der Waals surface area contributed by atoms with Gasteiger partial charge in [-0.1, -0.05) is 35.7 Å². The number of hydrogen-bond acceptors (Lipinski definition) is 2. The lowest BCUT2D eigenvalue weighted by molar-refractivity contribution is 0.0533. The maximum Gasteiger partial charge on any atom is 0.119 e. The molecule has 0 aromatic heterocycles. The van der Waals surface area contributed by atoms with Crippen LogP contribution in [0.25, 0.3) is 0 Å². The molecule has 1 aromatic rings. The minimum atomic E-state index is -0.210. The summed E-state index contributed by atoms with van der Waals surface area (Å²) in [5.74, 6) is 2.10. The van der Waals surface area contributed by atoms with Gasteiger partial charge in [-0.15, -0.1) is 0 Å². The third-order valence-corrected chi connectivity index (χ3v) is 4.55. The van der Waals surface area contributed by atoms with E-state index in [0.717, 1.165) is 22.6 Å². The second-order valence-electron chi connectivity index (χ2n) is 5.69. The van der Waals surface area contributed by atoms with Crippen LogP contribution in [0.3, 0.4) is 0 Å². The summed E-state index contributed by atoms with van der Waals surface area (Å²) in [6.45, 7) is 2.88. The smallest absolute Gasteiger partial charge is 0.119 e. The number of benzene rings is 1. The Hall–Kier alpha value is -0.540. The summed E-state index contributed by atoms with van der Waals surface area (Å²) in [6, 6.07) is 7.82. The topological polar surface area (TPSA) is 29.5 Å². The molecule has 1 aliphatic carbocycles. The maximum absolute atomic E-state index is 10.2. The van der Waals surface area contributed by atoms with E-state index in [1.807, 2.05) is 24.3 Å². The molecule has 0 bridgehead atoms. The molecule has 0 saturated heterocycles. The fourth-order valence-corrected chi connectivity index (χ4v) is 3.16. The highest BCUT2D eigenvalue weighted by molar-refractivity contribution is 9.10. The van der Waals surface area contributed by atoms with E-state index in [0.29, 0.717) is 12.5 Å². The molecule has 3 heteroatoms. The van der Waals surface area contributed by atoms with E-state index >= 15 is 0 Å². The maximum atomic E-state index is 10.2.